The first-order valence-electron chi connectivity index (χ1n) is 8.85. The predicted molar refractivity (Wildman–Crippen MR) is 97.2 cm³/mol. The number of rotatable bonds is 8. The first-order valence-corrected chi connectivity index (χ1v) is 8.85. The van der Waals surface area contributed by atoms with Gasteiger partial charge in [-0.2, -0.15) is 18.4 Å². The number of aryl methyl sites for hydroxylation is 1. The highest BCUT2D eigenvalue weighted by atomic mass is 19.4. The number of nitrogens with zero attached hydrogens (tertiary/aromatic N) is 1. The van der Waals surface area contributed by atoms with Gasteiger partial charge in [-0.15, -0.1) is 0 Å². The number of nitriles is 1. The number of halogens is 3. The number of carbonyl (C=O) groups is 1. The van der Waals surface area contributed by atoms with Crippen molar-refractivity contribution in [2.24, 2.45) is 5.92 Å². The maximum Gasteiger partial charge on any atom is 0.411 e. The number of Topliss-reactive ketones (excluding diaryl/α,β-unsaturated/α-hetero) is 1. The summed E-state index contributed by atoms with van der Waals surface area (Å²) >= 11 is 0. The lowest BCUT2D eigenvalue weighted by molar-refractivity contribution is -0.175. The largest absolute Gasteiger partial charge is 0.411 e. The van der Waals surface area contributed by atoms with Crippen LogP contribution in [0, 0.1) is 17.2 Å². The Morgan fingerprint density at radius 1 is 1.26 bits per heavy atom. The van der Waals surface area contributed by atoms with Gasteiger partial charge in [-0.1, -0.05) is 49.7 Å². The molecule has 3 nitrogen and oxygen atoms in total. The minimum atomic E-state index is -4.91. The molecule has 0 fully saturated rings. The molecule has 0 amide bonds. The van der Waals surface area contributed by atoms with E-state index >= 15 is 0 Å². The van der Waals surface area contributed by atoms with Crippen molar-refractivity contribution in [3.8, 4) is 6.07 Å². The Morgan fingerprint density at radius 3 is 2.56 bits per heavy atom. The molecule has 2 aromatic carbocycles. The molecule has 144 valence electrons. The highest BCUT2D eigenvalue weighted by molar-refractivity contribution is 5.90. The minimum absolute atomic E-state index is 0.00985. The van der Waals surface area contributed by atoms with E-state index in [0.717, 1.165) is 47.2 Å². The second-order valence-electron chi connectivity index (χ2n) is 6.51. The van der Waals surface area contributed by atoms with Gasteiger partial charge in [0.05, 0.1) is 6.07 Å². The number of carbonyl (C=O) groups excluding carboxylic acids is 1. The van der Waals surface area contributed by atoms with E-state index in [1.807, 2.05) is 30.3 Å². The Labute approximate surface area is 156 Å². The molecule has 0 saturated carbocycles. The maximum absolute atomic E-state index is 13.0. The SMILES string of the molecule is CCCCc1cc(CC(OC)C(=O)C(C#N)C(F)(F)F)c2ccccc2c1. The fourth-order valence-corrected chi connectivity index (χ4v) is 3.14. The lowest BCUT2D eigenvalue weighted by Crippen LogP contribution is -2.38. The van der Waals surface area contributed by atoms with Gasteiger partial charge < -0.3 is 4.74 Å². The van der Waals surface area contributed by atoms with E-state index < -0.39 is 24.0 Å². The number of hydrogen-bond acceptors (Lipinski definition) is 3. The van der Waals surface area contributed by atoms with Crippen LogP contribution in [0.25, 0.3) is 10.8 Å². The summed E-state index contributed by atoms with van der Waals surface area (Å²) in [5.74, 6) is -3.94. The molecule has 2 aromatic rings. The van der Waals surface area contributed by atoms with Gasteiger partial charge in [0.1, 0.15) is 6.10 Å². The number of methoxy groups -OCH3 is 1. The summed E-state index contributed by atoms with van der Waals surface area (Å²) in [7, 11) is 1.19. The smallest absolute Gasteiger partial charge is 0.373 e. The maximum atomic E-state index is 13.0. The van der Waals surface area contributed by atoms with Gasteiger partial charge in [0, 0.05) is 13.5 Å². The van der Waals surface area contributed by atoms with E-state index in [-0.39, 0.29) is 6.42 Å². The van der Waals surface area contributed by atoms with Crippen LogP contribution < -0.4 is 0 Å². The number of ketones is 1. The highest BCUT2D eigenvalue weighted by Gasteiger charge is 2.47. The molecule has 0 heterocycles. The van der Waals surface area contributed by atoms with Crippen LogP contribution in [0.3, 0.4) is 0 Å². The monoisotopic (exact) mass is 377 g/mol. The summed E-state index contributed by atoms with van der Waals surface area (Å²) in [6, 6.07) is 12.6. The van der Waals surface area contributed by atoms with Crippen molar-refractivity contribution in [2.75, 3.05) is 7.11 Å². The molecule has 0 bridgehead atoms. The van der Waals surface area contributed by atoms with Crippen LogP contribution in [0.1, 0.15) is 30.9 Å². The number of alkyl halides is 3. The van der Waals surface area contributed by atoms with Crippen LogP contribution in [0.4, 0.5) is 13.2 Å². The number of unbranched alkanes of at least 4 members (excludes halogenated alkanes) is 1. The van der Waals surface area contributed by atoms with Gasteiger partial charge in [0.2, 0.25) is 5.92 Å². The molecule has 0 aliphatic carbocycles. The lowest BCUT2D eigenvalue weighted by atomic mass is 9.91. The molecule has 0 aliphatic heterocycles. The summed E-state index contributed by atoms with van der Waals surface area (Å²) in [5.41, 5.74) is 1.82. The fraction of sp³-hybridized carbons (Fsp3) is 0.429. The molecule has 0 aliphatic rings. The van der Waals surface area contributed by atoms with Crippen LogP contribution in [0.5, 0.6) is 0 Å². The van der Waals surface area contributed by atoms with Crippen molar-refractivity contribution in [1.29, 1.82) is 5.26 Å². The average Bonchev–Trinajstić information content (AvgIpc) is 2.63. The van der Waals surface area contributed by atoms with Crippen LogP contribution >= 0.6 is 0 Å². The Balaban J connectivity index is 2.39. The first kappa shape index (κ1) is 20.9. The topological polar surface area (TPSA) is 50.1 Å². The van der Waals surface area contributed by atoms with Gasteiger partial charge in [-0.25, -0.2) is 0 Å². The standard InChI is InChI=1S/C21H22F3NO2/c1-3-4-7-14-10-15-8-5-6-9-17(15)16(11-14)12-19(27-2)20(26)18(13-25)21(22,23)24/h5-6,8-11,18-19H,3-4,7,12H2,1-2H3. The predicted octanol–water partition coefficient (Wildman–Crippen LogP) is 5.01. The molecule has 6 heteroatoms. The Hall–Kier alpha value is -2.39. The van der Waals surface area contributed by atoms with Crippen LogP contribution in [-0.2, 0) is 22.4 Å². The zero-order chi connectivity index (χ0) is 20.0. The normalized spacial score (nSPS) is 13.9. The van der Waals surface area contributed by atoms with Crippen molar-refractivity contribution < 1.29 is 22.7 Å². The molecule has 0 aromatic heterocycles. The molecule has 27 heavy (non-hydrogen) atoms. The van der Waals surface area contributed by atoms with E-state index in [1.165, 1.54) is 7.11 Å². The molecule has 0 N–H and O–H groups in total. The van der Waals surface area contributed by atoms with E-state index in [9.17, 15) is 18.0 Å². The van der Waals surface area contributed by atoms with Gasteiger partial charge >= 0.3 is 6.18 Å². The van der Waals surface area contributed by atoms with Crippen molar-refractivity contribution in [3.05, 3.63) is 47.5 Å². The third-order valence-electron chi connectivity index (χ3n) is 4.57. The molecule has 0 radical (unpaired) electrons. The van der Waals surface area contributed by atoms with Gasteiger partial charge in [0.15, 0.2) is 5.78 Å². The van der Waals surface area contributed by atoms with E-state index in [1.54, 1.807) is 0 Å². The Bertz CT molecular complexity index is 839. The van der Waals surface area contributed by atoms with Gasteiger partial charge in [-0.3, -0.25) is 4.79 Å². The summed E-state index contributed by atoms with van der Waals surface area (Å²) < 4.78 is 44.0. The van der Waals surface area contributed by atoms with Crippen molar-refractivity contribution >= 4 is 16.6 Å². The number of fused-ring (bicyclic) bond motifs is 1. The summed E-state index contributed by atoms with van der Waals surface area (Å²) in [6.07, 6.45) is -3.38. The molecule has 0 spiro atoms. The Kier molecular flexibility index (Phi) is 6.98. The number of ether oxygens (including phenoxy) is 1. The zero-order valence-corrected chi connectivity index (χ0v) is 15.3. The van der Waals surface area contributed by atoms with Crippen LogP contribution in [0.2, 0.25) is 0 Å². The van der Waals surface area contributed by atoms with Crippen LogP contribution in [-0.4, -0.2) is 25.2 Å². The molecule has 2 unspecified atom stereocenters. The zero-order valence-electron chi connectivity index (χ0n) is 15.3. The van der Waals surface area contributed by atoms with E-state index in [0.29, 0.717) is 0 Å². The molecule has 2 atom stereocenters. The third-order valence-corrected chi connectivity index (χ3v) is 4.57. The highest BCUT2D eigenvalue weighted by Crippen LogP contribution is 2.30. The quantitative estimate of drug-likeness (QED) is 0.650. The summed E-state index contributed by atoms with van der Waals surface area (Å²) in [4.78, 5) is 12.3. The molecular formula is C21H22F3NO2. The summed E-state index contributed by atoms with van der Waals surface area (Å²) in [5, 5.41) is 10.6. The third kappa shape index (κ3) is 5.08. The van der Waals surface area contributed by atoms with Crippen molar-refractivity contribution in [1.82, 2.24) is 0 Å². The second kappa shape index (κ2) is 9.01. The van der Waals surface area contributed by atoms with Crippen LogP contribution in [0.15, 0.2) is 36.4 Å². The fourth-order valence-electron chi connectivity index (χ4n) is 3.14. The average molecular weight is 377 g/mol. The molecular weight excluding hydrogens is 355 g/mol. The second-order valence-corrected chi connectivity index (χ2v) is 6.51. The molecule has 2 rings (SSSR count). The minimum Gasteiger partial charge on any atom is -0.373 e. The number of hydrogen-bond donors (Lipinski definition) is 0. The van der Waals surface area contributed by atoms with E-state index in [4.69, 9.17) is 10.00 Å². The van der Waals surface area contributed by atoms with Gasteiger partial charge in [-0.05, 0) is 34.7 Å². The first-order chi connectivity index (χ1) is 12.8. The van der Waals surface area contributed by atoms with Gasteiger partial charge in [0.25, 0.3) is 0 Å². The lowest BCUT2D eigenvalue weighted by Gasteiger charge is -2.20. The Morgan fingerprint density at radius 2 is 1.96 bits per heavy atom. The van der Waals surface area contributed by atoms with Crippen molar-refractivity contribution in [2.45, 2.75) is 44.9 Å². The summed E-state index contributed by atoms with van der Waals surface area (Å²) in [6.45, 7) is 2.08. The number of benzene rings is 2. The van der Waals surface area contributed by atoms with Crippen molar-refractivity contribution in [3.63, 3.8) is 0 Å². The molecule has 0 saturated heterocycles. The van der Waals surface area contributed by atoms with E-state index in [2.05, 4.69) is 13.0 Å².